The van der Waals surface area contributed by atoms with E-state index in [1.807, 2.05) is 0 Å². The molecule has 142 valence electrons. The molecule has 3 rings (SSSR count). The van der Waals surface area contributed by atoms with E-state index in [1.165, 1.54) is 22.4 Å². The van der Waals surface area contributed by atoms with Gasteiger partial charge < -0.3 is 4.57 Å². The Kier molecular flexibility index (Phi) is 6.52. The molecule has 0 aliphatic heterocycles. The number of benzene rings is 2. The van der Waals surface area contributed by atoms with E-state index in [1.54, 1.807) is 0 Å². The zero-order chi connectivity index (χ0) is 19.2. The minimum Gasteiger partial charge on any atom is -0.346 e. The van der Waals surface area contributed by atoms with Crippen molar-refractivity contribution in [1.82, 2.24) is 9.47 Å². The van der Waals surface area contributed by atoms with E-state index in [9.17, 15) is 0 Å². The Morgan fingerprint density at radius 2 is 1.56 bits per heavy atom. The summed E-state index contributed by atoms with van der Waals surface area (Å²) in [4.78, 5) is 2.60. The fraction of sp³-hybridized carbons (Fsp3) is 0.360. The van der Waals surface area contributed by atoms with E-state index in [4.69, 9.17) is 0 Å². The molecule has 2 aromatic carbocycles. The van der Waals surface area contributed by atoms with Crippen LogP contribution >= 0.6 is 0 Å². The summed E-state index contributed by atoms with van der Waals surface area (Å²) in [5.41, 5.74) is 5.43. The molecule has 0 spiro atoms. The highest BCUT2D eigenvalue weighted by Crippen LogP contribution is 2.19. The Morgan fingerprint density at radius 3 is 2.26 bits per heavy atom. The molecule has 0 saturated heterocycles. The van der Waals surface area contributed by atoms with Crippen LogP contribution in [0.2, 0.25) is 0 Å². The summed E-state index contributed by atoms with van der Waals surface area (Å²) in [6, 6.07) is 24.6. The molecule has 3 aromatic rings. The van der Waals surface area contributed by atoms with Crippen LogP contribution in [0.4, 0.5) is 0 Å². The maximum Gasteiger partial charge on any atom is 0.0473 e. The van der Waals surface area contributed by atoms with E-state index in [0.717, 1.165) is 19.6 Å². The molecule has 0 bridgehead atoms. The van der Waals surface area contributed by atoms with E-state index >= 15 is 0 Å². The van der Waals surface area contributed by atoms with Crippen LogP contribution in [-0.4, -0.2) is 15.5 Å². The third kappa shape index (κ3) is 5.33. The molecule has 1 aromatic heterocycles. The smallest absolute Gasteiger partial charge is 0.0473 e. The van der Waals surface area contributed by atoms with Gasteiger partial charge in [0.15, 0.2) is 0 Å². The van der Waals surface area contributed by atoms with Crippen molar-refractivity contribution in [1.29, 1.82) is 0 Å². The maximum absolute atomic E-state index is 2.60. The molecule has 2 heteroatoms. The second-order valence-electron chi connectivity index (χ2n) is 7.99. The Bertz CT molecular complexity index is 832. The van der Waals surface area contributed by atoms with Crippen LogP contribution in [0.5, 0.6) is 0 Å². The monoisotopic (exact) mass is 360 g/mol. The first kappa shape index (κ1) is 19.4. The molecule has 0 aliphatic carbocycles. The first-order chi connectivity index (χ1) is 13.0. The first-order valence-electron chi connectivity index (χ1n) is 10.0. The van der Waals surface area contributed by atoms with Crippen LogP contribution in [0, 0.1) is 12.8 Å². The van der Waals surface area contributed by atoms with Gasteiger partial charge in [-0.25, -0.2) is 0 Å². The van der Waals surface area contributed by atoms with E-state index < -0.39 is 0 Å². The summed E-state index contributed by atoms with van der Waals surface area (Å²) in [5, 5.41) is 0. The lowest BCUT2D eigenvalue weighted by Crippen LogP contribution is -2.36. The highest BCUT2D eigenvalue weighted by Gasteiger charge is 2.19. The van der Waals surface area contributed by atoms with Gasteiger partial charge in [0, 0.05) is 37.6 Å². The van der Waals surface area contributed by atoms with Crippen LogP contribution < -0.4 is 0 Å². The Labute approximate surface area is 164 Å². The summed E-state index contributed by atoms with van der Waals surface area (Å²) in [5.74, 6) is 0.619. The minimum absolute atomic E-state index is 0.521. The van der Waals surface area contributed by atoms with E-state index in [2.05, 4.69) is 110 Å². The van der Waals surface area contributed by atoms with Crippen molar-refractivity contribution in [3.05, 3.63) is 95.3 Å². The number of rotatable bonds is 8. The maximum atomic E-state index is 2.60. The summed E-state index contributed by atoms with van der Waals surface area (Å²) in [6.07, 6.45) is 2.21. The predicted molar refractivity (Wildman–Crippen MR) is 115 cm³/mol. The molecule has 27 heavy (non-hydrogen) atoms. The van der Waals surface area contributed by atoms with Crippen molar-refractivity contribution in [2.75, 3.05) is 0 Å². The Hall–Kier alpha value is -2.32. The zero-order valence-electron chi connectivity index (χ0n) is 17.1. The van der Waals surface area contributed by atoms with Crippen LogP contribution in [0.15, 0.2) is 72.9 Å². The lowest BCUT2D eigenvalue weighted by molar-refractivity contribution is 0.148. The van der Waals surface area contributed by atoms with E-state index in [-0.39, 0.29) is 0 Å². The number of hydrogen-bond acceptors (Lipinski definition) is 1. The van der Waals surface area contributed by atoms with Crippen molar-refractivity contribution in [3.63, 3.8) is 0 Å². The van der Waals surface area contributed by atoms with Crippen LogP contribution in [0.3, 0.4) is 0 Å². The van der Waals surface area contributed by atoms with Gasteiger partial charge in [0.05, 0.1) is 0 Å². The van der Waals surface area contributed by atoms with Gasteiger partial charge in [-0.2, -0.15) is 0 Å². The highest BCUT2D eigenvalue weighted by atomic mass is 15.2. The molecular formula is C25H32N2. The van der Waals surface area contributed by atoms with Gasteiger partial charge in [-0.1, -0.05) is 74.0 Å². The van der Waals surface area contributed by atoms with Gasteiger partial charge in [-0.15, -0.1) is 0 Å². The summed E-state index contributed by atoms with van der Waals surface area (Å²) in [7, 11) is 0. The first-order valence-corrected chi connectivity index (χ1v) is 10.0. The average molecular weight is 361 g/mol. The second kappa shape index (κ2) is 9.05. The molecule has 1 atom stereocenters. The molecule has 1 heterocycles. The van der Waals surface area contributed by atoms with Crippen LogP contribution in [0.25, 0.3) is 0 Å². The zero-order valence-corrected chi connectivity index (χ0v) is 17.1. The van der Waals surface area contributed by atoms with Crippen molar-refractivity contribution < 1.29 is 0 Å². The molecule has 0 saturated carbocycles. The van der Waals surface area contributed by atoms with Gasteiger partial charge in [0.1, 0.15) is 0 Å². The van der Waals surface area contributed by atoms with Gasteiger partial charge >= 0.3 is 0 Å². The average Bonchev–Trinajstić information content (AvgIpc) is 3.08. The third-order valence-electron chi connectivity index (χ3n) is 5.49. The van der Waals surface area contributed by atoms with Crippen LogP contribution in [-0.2, 0) is 19.6 Å². The molecule has 0 radical (unpaired) electrons. The molecule has 0 aliphatic rings. The molecule has 0 N–H and O–H groups in total. The number of hydrogen-bond donors (Lipinski definition) is 0. The van der Waals surface area contributed by atoms with Gasteiger partial charge in [0.25, 0.3) is 0 Å². The van der Waals surface area contributed by atoms with Gasteiger partial charge in [-0.3, -0.25) is 4.90 Å². The second-order valence-corrected chi connectivity index (χ2v) is 7.99. The van der Waals surface area contributed by atoms with Crippen molar-refractivity contribution in [3.8, 4) is 0 Å². The van der Waals surface area contributed by atoms with Crippen molar-refractivity contribution >= 4 is 0 Å². The van der Waals surface area contributed by atoms with Gasteiger partial charge in [-0.05, 0) is 43.0 Å². The lowest BCUT2D eigenvalue weighted by Gasteiger charge is -2.32. The Morgan fingerprint density at radius 1 is 0.815 bits per heavy atom. The summed E-state index contributed by atoms with van der Waals surface area (Å²) in [6.45, 7) is 12.0. The molecule has 0 fully saturated rings. The minimum atomic E-state index is 0.521. The molecule has 0 unspecified atom stereocenters. The quantitative estimate of drug-likeness (QED) is 0.486. The summed E-state index contributed by atoms with van der Waals surface area (Å²) >= 11 is 0. The largest absolute Gasteiger partial charge is 0.346 e. The normalized spacial score (nSPS) is 12.7. The van der Waals surface area contributed by atoms with E-state index in [0.29, 0.717) is 12.0 Å². The van der Waals surface area contributed by atoms with Crippen molar-refractivity contribution in [2.45, 2.75) is 53.4 Å². The standard InChI is InChI=1S/C25H32N2/c1-20(2)22(4)27(17-23-11-6-5-7-12-23)19-25-14-9-15-26(25)18-24-13-8-10-21(3)16-24/h5-16,20,22H,17-19H2,1-4H3/t22-/m1/s1. The SMILES string of the molecule is Cc1cccc(Cn2cccc2CN(Cc2ccccc2)[C@H](C)C(C)C)c1. The number of nitrogens with zero attached hydrogens (tertiary/aromatic N) is 2. The molecule has 0 amide bonds. The Balaban J connectivity index is 1.78. The summed E-state index contributed by atoms with van der Waals surface area (Å²) < 4.78 is 2.39. The van der Waals surface area contributed by atoms with Crippen LogP contribution in [0.1, 0.15) is 43.2 Å². The third-order valence-corrected chi connectivity index (χ3v) is 5.49. The predicted octanol–water partition coefficient (Wildman–Crippen LogP) is 5.89. The topological polar surface area (TPSA) is 8.17 Å². The fourth-order valence-corrected chi connectivity index (χ4v) is 3.55. The highest BCUT2D eigenvalue weighted by molar-refractivity contribution is 5.23. The molecular weight excluding hydrogens is 328 g/mol. The number of aromatic nitrogens is 1. The molecule has 2 nitrogen and oxygen atoms in total. The lowest BCUT2D eigenvalue weighted by atomic mass is 10.0. The number of aryl methyl sites for hydroxylation is 1. The fourth-order valence-electron chi connectivity index (χ4n) is 3.55. The van der Waals surface area contributed by atoms with Gasteiger partial charge in [0.2, 0.25) is 0 Å². The van der Waals surface area contributed by atoms with Crippen molar-refractivity contribution in [2.24, 2.45) is 5.92 Å².